The number of nitrogens with zero attached hydrogens (tertiary/aromatic N) is 3. The molecule has 1 aromatic heterocycles. The molecule has 0 N–H and O–H groups in total. The summed E-state index contributed by atoms with van der Waals surface area (Å²) >= 11 is 1.20. The maximum atomic E-state index is 12.5. The number of rotatable bonds is 2. The zero-order chi connectivity index (χ0) is 13.2. The zero-order valence-electron chi connectivity index (χ0n) is 10.8. The van der Waals surface area contributed by atoms with Crippen molar-refractivity contribution < 1.29 is 4.79 Å². The Morgan fingerprint density at radius 2 is 2.16 bits per heavy atom. The van der Waals surface area contributed by atoms with E-state index in [9.17, 15) is 4.79 Å². The number of amides is 1. The molecular weight excluding hydrogens is 258 g/mol. The van der Waals surface area contributed by atoms with Crippen LogP contribution in [0.5, 0.6) is 0 Å². The smallest absolute Gasteiger partial charge is 0.267 e. The van der Waals surface area contributed by atoms with Crippen LogP contribution in [-0.2, 0) is 19.4 Å². The average Bonchev–Trinajstić information content (AvgIpc) is 2.94. The highest BCUT2D eigenvalue weighted by Gasteiger charge is 2.25. The van der Waals surface area contributed by atoms with Crippen molar-refractivity contribution in [3.63, 3.8) is 0 Å². The molecule has 98 valence electrons. The van der Waals surface area contributed by atoms with Crippen molar-refractivity contribution in [2.24, 2.45) is 0 Å². The van der Waals surface area contributed by atoms with E-state index < -0.39 is 0 Å². The summed E-state index contributed by atoms with van der Waals surface area (Å²) in [6, 6.07) is 8.32. The van der Waals surface area contributed by atoms with E-state index in [2.05, 4.69) is 27.8 Å². The molecule has 0 aliphatic carbocycles. The van der Waals surface area contributed by atoms with Crippen LogP contribution in [0.15, 0.2) is 24.3 Å². The van der Waals surface area contributed by atoms with E-state index in [1.165, 1.54) is 22.7 Å². The van der Waals surface area contributed by atoms with E-state index in [1.807, 2.05) is 17.9 Å². The first-order chi connectivity index (χ1) is 9.29. The van der Waals surface area contributed by atoms with Gasteiger partial charge in [0.2, 0.25) is 0 Å². The van der Waals surface area contributed by atoms with Crippen molar-refractivity contribution in [3.05, 3.63) is 46.0 Å². The third kappa shape index (κ3) is 2.26. The lowest BCUT2D eigenvalue weighted by atomic mass is 10.00. The molecule has 0 saturated heterocycles. The van der Waals surface area contributed by atoms with Crippen molar-refractivity contribution in [2.45, 2.75) is 26.3 Å². The van der Waals surface area contributed by atoms with Gasteiger partial charge in [0.25, 0.3) is 5.91 Å². The summed E-state index contributed by atoms with van der Waals surface area (Å²) in [6.45, 7) is 3.46. The Labute approximate surface area is 116 Å². The molecule has 1 aliphatic heterocycles. The van der Waals surface area contributed by atoms with E-state index in [0.717, 1.165) is 25.1 Å². The number of carbonyl (C=O) groups excluding carboxylic acids is 1. The Kier molecular flexibility index (Phi) is 3.29. The second kappa shape index (κ2) is 5.09. The van der Waals surface area contributed by atoms with Crippen LogP contribution in [0.2, 0.25) is 0 Å². The molecule has 4 nitrogen and oxygen atoms in total. The number of hydrogen-bond acceptors (Lipinski definition) is 4. The maximum Gasteiger partial charge on any atom is 0.267 e. The monoisotopic (exact) mass is 273 g/mol. The van der Waals surface area contributed by atoms with Crippen molar-refractivity contribution in [3.8, 4) is 0 Å². The summed E-state index contributed by atoms with van der Waals surface area (Å²) in [4.78, 5) is 15.1. The molecule has 2 aromatic rings. The van der Waals surface area contributed by atoms with Gasteiger partial charge in [-0.3, -0.25) is 4.79 Å². The van der Waals surface area contributed by atoms with Crippen LogP contribution in [0.25, 0.3) is 0 Å². The lowest BCUT2D eigenvalue weighted by molar-refractivity contribution is 0.0738. The summed E-state index contributed by atoms with van der Waals surface area (Å²) in [5.74, 6) is 0.0707. The number of fused-ring (bicyclic) bond motifs is 1. The van der Waals surface area contributed by atoms with Crippen molar-refractivity contribution in [1.29, 1.82) is 0 Å². The van der Waals surface area contributed by atoms with Gasteiger partial charge in [0.15, 0.2) is 0 Å². The summed E-state index contributed by atoms with van der Waals surface area (Å²) in [5.41, 5.74) is 3.41. The Balaban J connectivity index is 1.83. The van der Waals surface area contributed by atoms with Crippen LogP contribution in [0.3, 0.4) is 0 Å². The van der Waals surface area contributed by atoms with Crippen LogP contribution >= 0.6 is 11.5 Å². The van der Waals surface area contributed by atoms with Gasteiger partial charge in [0.1, 0.15) is 4.88 Å². The number of carbonyl (C=O) groups is 1. The minimum Gasteiger partial charge on any atom is -0.333 e. The summed E-state index contributed by atoms with van der Waals surface area (Å²) in [5, 5.41) is 4.02. The van der Waals surface area contributed by atoms with Crippen LogP contribution in [0.1, 0.15) is 33.4 Å². The highest BCUT2D eigenvalue weighted by molar-refractivity contribution is 7.08. The highest BCUT2D eigenvalue weighted by atomic mass is 32.1. The van der Waals surface area contributed by atoms with Crippen molar-refractivity contribution in [2.75, 3.05) is 6.54 Å². The largest absolute Gasteiger partial charge is 0.333 e. The van der Waals surface area contributed by atoms with Gasteiger partial charge in [-0.05, 0) is 35.5 Å². The van der Waals surface area contributed by atoms with Gasteiger partial charge in [0, 0.05) is 13.1 Å². The molecule has 19 heavy (non-hydrogen) atoms. The van der Waals surface area contributed by atoms with Gasteiger partial charge in [-0.2, -0.15) is 0 Å². The van der Waals surface area contributed by atoms with Gasteiger partial charge >= 0.3 is 0 Å². The Hall–Kier alpha value is -1.75. The first kappa shape index (κ1) is 12.3. The number of aromatic nitrogens is 2. The minimum absolute atomic E-state index is 0.0707. The predicted molar refractivity (Wildman–Crippen MR) is 74.2 cm³/mol. The number of hydrogen-bond donors (Lipinski definition) is 0. The van der Waals surface area contributed by atoms with E-state index in [1.54, 1.807) is 0 Å². The standard InChI is InChI=1S/C14H15N3OS/c1-2-12-13(19-16-15-12)14(18)17-8-7-10-5-3-4-6-11(10)9-17/h3-6H,2,7-9H2,1H3. The fourth-order valence-electron chi connectivity index (χ4n) is 2.42. The van der Waals surface area contributed by atoms with Crippen molar-refractivity contribution in [1.82, 2.24) is 14.5 Å². The van der Waals surface area contributed by atoms with Crippen LogP contribution < -0.4 is 0 Å². The molecular formula is C14H15N3OS. The van der Waals surface area contributed by atoms with E-state index in [4.69, 9.17) is 0 Å². The fourth-order valence-corrected chi connectivity index (χ4v) is 3.13. The molecule has 0 atom stereocenters. The third-order valence-corrected chi connectivity index (χ3v) is 4.26. The lowest BCUT2D eigenvalue weighted by Gasteiger charge is -2.28. The molecule has 0 radical (unpaired) electrons. The maximum absolute atomic E-state index is 12.5. The van der Waals surface area contributed by atoms with Crippen LogP contribution in [0.4, 0.5) is 0 Å². The van der Waals surface area contributed by atoms with E-state index in [-0.39, 0.29) is 5.91 Å². The SMILES string of the molecule is CCc1nnsc1C(=O)N1CCc2ccccc2C1. The van der Waals surface area contributed by atoms with Gasteiger partial charge in [-0.1, -0.05) is 35.7 Å². The van der Waals surface area contributed by atoms with Crippen LogP contribution in [-0.4, -0.2) is 26.9 Å². The summed E-state index contributed by atoms with van der Waals surface area (Å²) in [7, 11) is 0. The van der Waals surface area contributed by atoms with Crippen molar-refractivity contribution >= 4 is 17.4 Å². The average molecular weight is 273 g/mol. The van der Waals surface area contributed by atoms with E-state index >= 15 is 0 Å². The molecule has 5 heteroatoms. The molecule has 0 bridgehead atoms. The number of benzene rings is 1. The molecule has 2 heterocycles. The molecule has 0 fully saturated rings. The topological polar surface area (TPSA) is 46.1 Å². The van der Waals surface area contributed by atoms with Gasteiger partial charge in [-0.25, -0.2) is 0 Å². The first-order valence-corrected chi connectivity index (χ1v) is 7.24. The number of aryl methyl sites for hydroxylation is 1. The third-order valence-electron chi connectivity index (χ3n) is 3.50. The molecule has 1 aromatic carbocycles. The van der Waals surface area contributed by atoms with E-state index in [0.29, 0.717) is 11.4 Å². The second-order valence-corrected chi connectivity index (χ2v) is 5.40. The summed E-state index contributed by atoms with van der Waals surface area (Å²) < 4.78 is 3.90. The second-order valence-electron chi connectivity index (χ2n) is 4.65. The molecule has 1 amide bonds. The quantitative estimate of drug-likeness (QED) is 0.843. The predicted octanol–water partition coefficient (Wildman–Crippen LogP) is 2.30. The Morgan fingerprint density at radius 1 is 1.37 bits per heavy atom. The highest BCUT2D eigenvalue weighted by Crippen LogP contribution is 2.22. The van der Waals surface area contributed by atoms with Gasteiger partial charge in [0.05, 0.1) is 5.69 Å². The van der Waals surface area contributed by atoms with Gasteiger partial charge in [-0.15, -0.1) is 5.10 Å². The molecule has 3 rings (SSSR count). The normalized spacial score (nSPS) is 14.3. The van der Waals surface area contributed by atoms with Gasteiger partial charge < -0.3 is 4.90 Å². The van der Waals surface area contributed by atoms with Crippen LogP contribution in [0, 0.1) is 0 Å². The first-order valence-electron chi connectivity index (χ1n) is 6.47. The fraction of sp³-hybridized carbons (Fsp3) is 0.357. The molecule has 0 spiro atoms. The Bertz CT molecular complexity index is 608. The zero-order valence-corrected chi connectivity index (χ0v) is 11.6. The molecule has 1 aliphatic rings. The molecule has 0 unspecified atom stereocenters. The Morgan fingerprint density at radius 3 is 2.95 bits per heavy atom. The summed E-state index contributed by atoms with van der Waals surface area (Å²) in [6.07, 6.45) is 1.68. The molecule has 0 saturated carbocycles. The lowest BCUT2D eigenvalue weighted by Crippen LogP contribution is -2.35. The minimum atomic E-state index is 0.0707.